The van der Waals surface area contributed by atoms with Crippen molar-refractivity contribution >= 4 is 21.7 Å². The van der Waals surface area contributed by atoms with Gasteiger partial charge in [0.1, 0.15) is 5.82 Å². The molecule has 3 rings (SSSR count). The van der Waals surface area contributed by atoms with Crippen molar-refractivity contribution in [2.75, 3.05) is 0 Å². The van der Waals surface area contributed by atoms with Crippen LogP contribution in [0.25, 0.3) is 17.2 Å². The molecule has 0 atom stereocenters. The van der Waals surface area contributed by atoms with Gasteiger partial charge in [-0.1, -0.05) is 5.16 Å². The Morgan fingerprint density at radius 2 is 2.10 bits per heavy atom. The lowest BCUT2D eigenvalue weighted by molar-refractivity contribution is 0.309. The quantitative estimate of drug-likeness (QED) is 0.660. The highest BCUT2D eigenvalue weighted by Gasteiger charge is 2.23. The van der Waals surface area contributed by atoms with E-state index in [-0.39, 0.29) is 21.7 Å². The maximum atomic E-state index is 13.3. The van der Waals surface area contributed by atoms with E-state index in [4.69, 9.17) is 0 Å². The summed E-state index contributed by atoms with van der Waals surface area (Å²) >= 11 is 3.00. The number of halogens is 2. The molecule has 9 nitrogen and oxygen atoms in total. The van der Waals surface area contributed by atoms with Gasteiger partial charge in [-0.2, -0.15) is 0 Å². The molecule has 0 spiro atoms. The third kappa shape index (κ3) is 2.16. The third-order valence-electron chi connectivity index (χ3n) is 2.54. The predicted octanol–water partition coefficient (Wildman–Crippen LogP) is 2.17. The van der Waals surface area contributed by atoms with Gasteiger partial charge in [0, 0.05) is 0 Å². The van der Waals surface area contributed by atoms with Crippen LogP contribution < -0.4 is 5.76 Å². The summed E-state index contributed by atoms with van der Waals surface area (Å²) in [7, 11) is 0. The van der Waals surface area contributed by atoms with E-state index in [1.807, 2.05) is 0 Å². The van der Waals surface area contributed by atoms with Crippen molar-refractivity contribution in [3.8, 4) is 17.2 Å². The van der Waals surface area contributed by atoms with E-state index >= 15 is 0 Å². The molecule has 0 aliphatic heterocycles. The second-order valence-corrected chi connectivity index (χ2v) is 4.59. The molecule has 0 bridgehead atoms. The average molecular weight is 356 g/mol. The lowest BCUT2D eigenvalue weighted by atomic mass is 10.3. The van der Waals surface area contributed by atoms with Crippen LogP contribution in [0.4, 0.5) is 10.2 Å². The van der Waals surface area contributed by atoms with Gasteiger partial charge in [-0.05, 0) is 49.6 Å². The zero-order chi connectivity index (χ0) is 15.0. The van der Waals surface area contributed by atoms with Crippen molar-refractivity contribution in [2.45, 2.75) is 0 Å². The Balaban J connectivity index is 2.24. The highest BCUT2D eigenvalue weighted by atomic mass is 79.9. The summed E-state index contributed by atoms with van der Waals surface area (Å²) in [5.74, 6) is -1.90. The minimum absolute atomic E-state index is 0.131. The molecule has 0 unspecified atom stereocenters. The number of hydrogen-bond acceptors (Lipinski definition) is 8. The fourth-order valence-corrected chi connectivity index (χ4v) is 2.00. The smallest absolute Gasteiger partial charge is 0.295 e. The maximum Gasteiger partial charge on any atom is 0.446 e. The molecule has 0 radical (unpaired) electrons. The first-order valence-electron chi connectivity index (χ1n) is 5.32. The van der Waals surface area contributed by atoms with Crippen LogP contribution in [-0.2, 0) is 0 Å². The van der Waals surface area contributed by atoms with E-state index in [2.05, 4.69) is 45.7 Å². The normalized spacial score (nSPS) is 10.8. The summed E-state index contributed by atoms with van der Waals surface area (Å²) in [6, 6.07) is 3.80. The first-order valence-corrected chi connectivity index (χ1v) is 6.11. The predicted molar refractivity (Wildman–Crippen MR) is 68.5 cm³/mol. The lowest BCUT2D eigenvalue weighted by Gasteiger charge is -2.03. The van der Waals surface area contributed by atoms with Gasteiger partial charge in [-0.3, -0.25) is 4.52 Å². The number of rotatable bonds is 3. The monoisotopic (exact) mass is 355 g/mol. The molecule has 11 heteroatoms. The van der Waals surface area contributed by atoms with E-state index in [1.165, 1.54) is 12.1 Å². The highest BCUT2D eigenvalue weighted by Crippen LogP contribution is 2.27. The molecule has 2 aromatic heterocycles. The van der Waals surface area contributed by atoms with Crippen molar-refractivity contribution in [2.24, 2.45) is 5.18 Å². The summed E-state index contributed by atoms with van der Waals surface area (Å²) in [4.78, 5) is 22.4. The minimum atomic E-state index is -0.858. The molecular weight excluding hydrogens is 353 g/mol. The molecule has 0 N–H and O–H groups in total. The van der Waals surface area contributed by atoms with E-state index in [0.29, 0.717) is 0 Å². The molecule has 0 saturated heterocycles. The number of aromatic nitrogens is 4. The Bertz CT molecular complexity index is 886. The fraction of sp³-hybridized carbons (Fsp3) is 0. The maximum absolute atomic E-state index is 13.3. The molecule has 0 amide bonds. The third-order valence-corrected chi connectivity index (χ3v) is 3.14. The number of nitroso groups, excluding NO2 is 1. The van der Waals surface area contributed by atoms with Gasteiger partial charge in [0.2, 0.25) is 11.5 Å². The lowest BCUT2D eigenvalue weighted by Crippen LogP contribution is -2.13. The first kappa shape index (κ1) is 13.3. The summed E-state index contributed by atoms with van der Waals surface area (Å²) in [6.07, 6.45) is 0. The van der Waals surface area contributed by atoms with Crippen molar-refractivity contribution < 1.29 is 13.5 Å². The molecule has 0 aliphatic carbocycles. The van der Waals surface area contributed by atoms with Crippen LogP contribution in [0.1, 0.15) is 0 Å². The van der Waals surface area contributed by atoms with E-state index in [0.717, 1.165) is 10.6 Å². The molecule has 3 aromatic rings. The van der Waals surface area contributed by atoms with E-state index in [9.17, 15) is 14.1 Å². The number of benzene rings is 1. The van der Waals surface area contributed by atoms with Gasteiger partial charge in [0.15, 0.2) is 0 Å². The van der Waals surface area contributed by atoms with Crippen LogP contribution in [-0.4, -0.2) is 20.0 Å². The van der Waals surface area contributed by atoms with Crippen molar-refractivity contribution in [1.82, 2.24) is 20.0 Å². The largest absolute Gasteiger partial charge is 0.446 e. The Morgan fingerprint density at radius 1 is 1.29 bits per heavy atom. The van der Waals surface area contributed by atoms with Crippen LogP contribution in [0.3, 0.4) is 0 Å². The van der Waals surface area contributed by atoms with Gasteiger partial charge < -0.3 is 0 Å². The molecular formula is C10H3BrFN5O4. The minimum Gasteiger partial charge on any atom is -0.295 e. The van der Waals surface area contributed by atoms with Crippen LogP contribution >= 0.6 is 15.9 Å². The van der Waals surface area contributed by atoms with Gasteiger partial charge >= 0.3 is 5.76 Å². The summed E-state index contributed by atoms with van der Waals surface area (Å²) in [5.41, 5.74) is 0.0701. The Hall–Kier alpha value is -2.69. The second-order valence-electron chi connectivity index (χ2n) is 3.73. The molecule has 1 aromatic carbocycles. The van der Waals surface area contributed by atoms with Crippen LogP contribution in [0, 0.1) is 10.7 Å². The van der Waals surface area contributed by atoms with Crippen LogP contribution in [0.2, 0.25) is 0 Å². The van der Waals surface area contributed by atoms with Crippen LogP contribution in [0.15, 0.2) is 41.8 Å². The zero-order valence-corrected chi connectivity index (χ0v) is 11.4. The SMILES string of the molecule is O=Nc1nonc1-c1noc(=O)n1-c1ccc(F)c(Br)c1. The average Bonchev–Trinajstić information content (AvgIpc) is 3.07. The Morgan fingerprint density at radius 3 is 2.81 bits per heavy atom. The van der Waals surface area contributed by atoms with Gasteiger partial charge in [0.25, 0.3) is 5.82 Å². The number of nitrogens with zero attached hydrogens (tertiary/aromatic N) is 5. The van der Waals surface area contributed by atoms with Crippen LogP contribution in [0.5, 0.6) is 0 Å². The highest BCUT2D eigenvalue weighted by molar-refractivity contribution is 9.10. The Labute approximate surface area is 122 Å². The zero-order valence-electron chi connectivity index (χ0n) is 9.86. The number of hydrogen-bond donors (Lipinski definition) is 0. The van der Waals surface area contributed by atoms with Crippen molar-refractivity contribution in [3.63, 3.8) is 0 Å². The van der Waals surface area contributed by atoms with Gasteiger partial charge in [-0.15, -0.1) is 4.91 Å². The van der Waals surface area contributed by atoms with Gasteiger partial charge in [-0.25, -0.2) is 18.4 Å². The summed E-state index contributed by atoms with van der Waals surface area (Å²) < 4.78 is 23.3. The molecule has 0 fully saturated rings. The molecule has 0 aliphatic rings. The molecule has 21 heavy (non-hydrogen) atoms. The van der Waals surface area contributed by atoms with Crippen molar-refractivity contribution in [3.05, 3.63) is 43.9 Å². The molecule has 106 valence electrons. The molecule has 0 saturated carbocycles. The first-order chi connectivity index (χ1) is 10.1. The van der Waals surface area contributed by atoms with Gasteiger partial charge in [0.05, 0.1) is 10.2 Å². The molecule has 2 heterocycles. The topological polar surface area (TPSA) is 116 Å². The standard InChI is InChI=1S/C10H3BrFN5O4/c11-5-3-4(1-2-6(5)12)17-9(16-20-10(17)18)7-8(13-19)15-21-14-7/h1-3H. The fourth-order valence-electron chi connectivity index (χ4n) is 1.64. The summed E-state index contributed by atoms with van der Waals surface area (Å²) in [5, 5.41) is 12.8. The second kappa shape index (κ2) is 5.01. The Kier molecular flexibility index (Phi) is 3.17. The van der Waals surface area contributed by atoms with E-state index in [1.54, 1.807) is 0 Å². The van der Waals surface area contributed by atoms with Crippen molar-refractivity contribution in [1.29, 1.82) is 0 Å². The summed E-state index contributed by atoms with van der Waals surface area (Å²) in [6.45, 7) is 0. The van der Waals surface area contributed by atoms with E-state index < -0.39 is 17.4 Å².